The lowest BCUT2D eigenvalue weighted by molar-refractivity contribution is -0.0519. The van der Waals surface area contributed by atoms with Crippen molar-refractivity contribution in [3.63, 3.8) is 0 Å². The number of nitrogens with two attached hydrogens (primary N) is 1. The van der Waals surface area contributed by atoms with Gasteiger partial charge in [0.05, 0.1) is 12.1 Å². The first-order valence-electron chi connectivity index (χ1n) is 11.1. The largest absolute Gasteiger partial charge is 0.391 e. The Kier molecular flexibility index (Phi) is 8.78. The summed E-state index contributed by atoms with van der Waals surface area (Å²) in [6.07, 6.45) is 8.98. The first-order valence-corrected chi connectivity index (χ1v) is 11.1. The van der Waals surface area contributed by atoms with Crippen LogP contribution in [-0.2, 0) is 6.54 Å². The molecule has 27 heavy (non-hydrogen) atoms. The van der Waals surface area contributed by atoms with E-state index in [-0.39, 0.29) is 23.7 Å². The van der Waals surface area contributed by atoms with E-state index in [1.165, 1.54) is 24.8 Å². The Bertz CT molecular complexity index is 519. The highest BCUT2D eigenvalue weighted by Crippen LogP contribution is 2.33. The van der Waals surface area contributed by atoms with Crippen LogP contribution in [0.5, 0.6) is 0 Å². The summed E-state index contributed by atoms with van der Waals surface area (Å²) >= 11 is 0. The van der Waals surface area contributed by atoms with Gasteiger partial charge in [-0.3, -0.25) is 4.90 Å². The summed E-state index contributed by atoms with van der Waals surface area (Å²) in [6.45, 7) is 9.80. The molecule has 0 unspecified atom stereocenters. The molecule has 0 spiro atoms. The number of rotatable bonds is 9. The van der Waals surface area contributed by atoms with E-state index < -0.39 is 0 Å². The predicted molar refractivity (Wildman–Crippen MR) is 116 cm³/mol. The van der Waals surface area contributed by atoms with Gasteiger partial charge in [-0.1, -0.05) is 69.4 Å². The van der Waals surface area contributed by atoms with E-state index in [0.717, 1.165) is 38.6 Å². The summed E-state index contributed by atoms with van der Waals surface area (Å²) in [4.78, 5) is 2.47. The van der Waals surface area contributed by atoms with Crippen LogP contribution in [0, 0.1) is 5.92 Å². The van der Waals surface area contributed by atoms with Crippen molar-refractivity contribution in [3.05, 3.63) is 35.9 Å². The van der Waals surface area contributed by atoms with Crippen molar-refractivity contribution in [1.29, 1.82) is 0 Å². The van der Waals surface area contributed by atoms with Crippen LogP contribution in [0.3, 0.4) is 0 Å². The maximum Gasteiger partial charge on any atom is 0.0738 e. The molecule has 3 nitrogen and oxygen atoms in total. The first-order chi connectivity index (χ1) is 12.8. The lowest BCUT2D eigenvalue weighted by Gasteiger charge is -2.48. The van der Waals surface area contributed by atoms with Crippen LogP contribution >= 0.6 is 0 Å². The quantitative estimate of drug-likeness (QED) is 0.631. The SMILES string of the molecule is CCCC[C@H](N)[C@H]([C@@H](O)C1CCCCC1)N(Cc1ccccc1)C(C)(C)C. The number of hydrogen-bond donors (Lipinski definition) is 2. The van der Waals surface area contributed by atoms with Crippen LogP contribution in [0.15, 0.2) is 30.3 Å². The van der Waals surface area contributed by atoms with Gasteiger partial charge in [0, 0.05) is 18.1 Å². The second kappa shape index (κ2) is 10.6. The minimum absolute atomic E-state index is 0.000133. The average Bonchev–Trinajstić information content (AvgIpc) is 2.66. The molecule has 2 rings (SSSR count). The van der Waals surface area contributed by atoms with Gasteiger partial charge in [0.15, 0.2) is 0 Å². The van der Waals surface area contributed by atoms with Crippen LogP contribution in [0.25, 0.3) is 0 Å². The first kappa shape index (κ1) is 22.4. The molecular formula is C24H42N2O. The Morgan fingerprint density at radius 1 is 1.11 bits per heavy atom. The van der Waals surface area contributed by atoms with E-state index in [4.69, 9.17) is 5.73 Å². The van der Waals surface area contributed by atoms with Crippen LogP contribution in [-0.4, -0.2) is 33.7 Å². The third-order valence-corrected chi connectivity index (χ3v) is 6.23. The molecule has 1 aromatic carbocycles. The molecular weight excluding hydrogens is 332 g/mol. The Morgan fingerprint density at radius 3 is 2.30 bits per heavy atom. The topological polar surface area (TPSA) is 49.5 Å². The average molecular weight is 375 g/mol. The molecule has 1 fully saturated rings. The van der Waals surface area contributed by atoms with Crippen LogP contribution in [0.2, 0.25) is 0 Å². The van der Waals surface area contributed by atoms with Crippen molar-refractivity contribution >= 4 is 0 Å². The van der Waals surface area contributed by atoms with Crippen LogP contribution in [0.1, 0.15) is 84.6 Å². The highest BCUT2D eigenvalue weighted by Gasteiger charge is 2.40. The van der Waals surface area contributed by atoms with Gasteiger partial charge in [-0.05, 0) is 51.5 Å². The molecule has 0 aromatic heterocycles. The second-order valence-corrected chi connectivity index (χ2v) is 9.47. The normalized spacial score (nSPS) is 19.8. The Hall–Kier alpha value is -0.900. The van der Waals surface area contributed by atoms with Gasteiger partial charge in [0.25, 0.3) is 0 Å². The maximum absolute atomic E-state index is 11.5. The Morgan fingerprint density at radius 2 is 1.74 bits per heavy atom. The number of nitrogens with zero attached hydrogens (tertiary/aromatic N) is 1. The summed E-state index contributed by atoms with van der Waals surface area (Å²) in [7, 11) is 0. The van der Waals surface area contributed by atoms with Gasteiger partial charge >= 0.3 is 0 Å². The number of aliphatic hydroxyl groups is 1. The van der Waals surface area contributed by atoms with E-state index >= 15 is 0 Å². The molecule has 0 heterocycles. The van der Waals surface area contributed by atoms with Crippen molar-refractivity contribution in [3.8, 4) is 0 Å². The highest BCUT2D eigenvalue weighted by molar-refractivity contribution is 5.15. The third kappa shape index (κ3) is 6.58. The Balaban J connectivity index is 2.29. The van der Waals surface area contributed by atoms with Crippen LogP contribution in [0.4, 0.5) is 0 Å². The molecule has 0 aliphatic heterocycles. The minimum Gasteiger partial charge on any atom is -0.391 e. The van der Waals surface area contributed by atoms with E-state index in [1.54, 1.807) is 0 Å². The monoisotopic (exact) mass is 374 g/mol. The molecule has 154 valence electrons. The summed E-state index contributed by atoms with van der Waals surface area (Å²) in [5.74, 6) is 0.386. The fraction of sp³-hybridized carbons (Fsp3) is 0.750. The molecule has 0 saturated heterocycles. The molecule has 1 aromatic rings. The van der Waals surface area contributed by atoms with E-state index in [1.807, 2.05) is 0 Å². The van der Waals surface area contributed by atoms with Crippen molar-refractivity contribution in [2.75, 3.05) is 0 Å². The zero-order valence-electron chi connectivity index (χ0n) is 18.0. The molecule has 1 aliphatic rings. The summed E-state index contributed by atoms with van der Waals surface area (Å²) in [5, 5.41) is 11.5. The summed E-state index contributed by atoms with van der Waals surface area (Å²) in [5.41, 5.74) is 7.99. The predicted octanol–water partition coefficient (Wildman–Crippen LogP) is 5.11. The number of aliphatic hydroxyl groups excluding tert-OH is 1. The van der Waals surface area contributed by atoms with Gasteiger partial charge in [-0.25, -0.2) is 0 Å². The number of unbranched alkanes of at least 4 members (excludes halogenated alkanes) is 1. The van der Waals surface area contributed by atoms with E-state index in [9.17, 15) is 5.11 Å². The zero-order chi connectivity index (χ0) is 19.9. The summed E-state index contributed by atoms with van der Waals surface area (Å²) < 4.78 is 0. The van der Waals surface area contributed by atoms with E-state index in [0.29, 0.717) is 5.92 Å². The molecule has 3 heteroatoms. The molecule has 1 saturated carbocycles. The van der Waals surface area contributed by atoms with Crippen LogP contribution < -0.4 is 5.73 Å². The molecule has 1 aliphatic carbocycles. The molecule has 0 bridgehead atoms. The third-order valence-electron chi connectivity index (χ3n) is 6.23. The minimum atomic E-state index is -0.347. The van der Waals surface area contributed by atoms with Crippen molar-refractivity contribution in [1.82, 2.24) is 4.90 Å². The maximum atomic E-state index is 11.5. The molecule has 0 amide bonds. The van der Waals surface area contributed by atoms with Gasteiger partial charge in [0.1, 0.15) is 0 Å². The smallest absolute Gasteiger partial charge is 0.0738 e. The highest BCUT2D eigenvalue weighted by atomic mass is 16.3. The standard InChI is InChI=1S/C24H42N2O/c1-5-6-17-21(25)22(23(27)20-15-11-8-12-16-20)26(24(2,3)4)18-19-13-9-7-10-14-19/h7,9-10,13-14,20-23,27H,5-6,8,11-12,15-18,25H2,1-4H3/t21-,22+,23-/m0/s1. The van der Waals surface area contributed by atoms with Gasteiger partial charge in [0.2, 0.25) is 0 Å². The second-order valence-electron chi connectivity index (χ2n) is 9.47. The molecule has 0 radical (unpaired) electrons. The van der Waals surface area contributed by atoms with Crippen molar-refractivity contribution in [2.24, 2.45) is 11.7 Å². The lowest BCUT2D eigenvalue weighted by atomic mass is 9.79. The van der Waals surface area contributed by atoms with Gasteiger partial charge in [-0.2, -0.15) is 0 Å². The lowest BCUT2D eigenvalue weighted by Crippen LogP contribution is -2.61. The zero-order valence-corrected chi connectivity index (χ0v) is 18.0. The Labute approximate surface area is 167 Å². The fourth-order valence-electron chi connectivity index (χ4n) is 4.60. The number of hydrogen-bond acceptors (Lipinski definition) is 3. The van der Waals surface area contributed by atoms with Crippen molar-refractivity contribution in [2.45, 2.75) is 109 Å². The molecule has 3 N–H and O–H groups in total. The fourth-order valence-corrected chi connectivity index (χ4v) is 4.60. The van der Waals surface area contributed by atoms with E-state index in [2.05, 4.69) is 62.9 Å². The summed E-state index contributed by atoms with van der Waals surface area (Å²) in [6, 6.07) is 10.6. The van der Waals surface area contributed by atoms with Crippen molar-refractivity contribution < 1.29 is 5.11 Å². The molecule has 3 atom stereocenters. The van der Waals surface area contributed by atoms with Gasteiger partial charge in [-0.15, -0.1) is 0 Å². The van der Waals surface area contributed by atoms with Gasteiger partial charge < -0.3 is 10.8 Å². The number of benzene rings is 1.